The molecule has 0 amide bonds. The second-order valence-electron chi connectivity index (χ2n) is 6.63. The van der Waals surface area contributed by atoms with Gasteiger partial charge in [0.15, 0.2) is 0 Å². The van der Waals surface area contributed by atoms with E-state index in [-0.39, 0.29) is 0 Å². The lowest BCUT2D eigenvalue weighted by Crippen LogP contribution is -2.33. The summed E-state index contributed by atoms with van der Waals surface area (Å²) in [6, 6.07) is 11.4. The second-order valence-corrected chi connectivity index (χ2v) is 6.63. The van der Waals surface area contributed by atoms with E-state index in [0.29, 0.717) is 6.04 Å². The van der Waals surface area contributed by atoms with E-state index in [2.05, 4.69) is 62.5 Å². The maximum absolute atomic E-state index is 3.74. The Kier molecular flexibility index (Phi) is 5.85. The van der Waals surface area contributed by atoms with E-state index in [1.54, 1.807) is 5.57 Å². The van der Waals surface area contributed by atoms with Gasteiger partial charge in [-0.15, -0.1) is 0 Å². The van der Waals surface area contributed by atoms with Crippen LogP contribution >= 0.6 is 0 Å². The maximum Gasteiger partial charge on any atom is 0.00420 e. The molecule has 110 valence electrons. The number of aryl methyl sites for hydroxylation is 1. The predicted octanol–water partition coefficient (Wildman–Crippen LogP) is 4.59. The van der Waals surface area contributed by atoms with Crippen LogP contribution < -0.4 is 5.32 Å². The Hall–Kier alpha value is -1.08. The molecule has 0 saturated carbocycles. The van der Waals surface area contributed by atoms with Crippen LogP contribution in [0.4, 0.5) is 0 Å². The summed E-state index contributed by atoms with van der Waals surface area (Å²) in [5, 5.41) is 3.74. The van der Waals surface area contributed by atoms with Crippen molar-refractivity contribution in [1.29, 1.82) is 0 Å². The van der Waals surface area contributed by atoms with Crippen LogP contribution in [0.2, 0.25) is 0 Å². The van der Waals surface area contributed by atoms with Gasteiger partial charge in [0.25, 0.3) is 0 Å². The van der Waals surface area contributed by atoms with Crippen molar-refractivity contribution in [3.8, 4) is 0 Å². The highest BCUT2D eigenvalue weighted by molar-refractivity contribution is 5.14. The van der Waals surface area contributed by atoms with Crippen LogP contribution in [-0.2, 0) is 6.42 Å². The summed E-state index contributed by atoms with van der Waals surface area (Å²) >= 11 is 0. The van der Waals surface area contributed by atoms with Gasteiger partial charge < -0.3 is 5.32 Å². The summed E-state index contributed by atoms with van der Waals surface area (Å²) in [7, 11) is 0. The first-order valence-corrected chi connectivity index (χ1v) is 8.08. The van der Waals surface area contributed by atoms with E-state index in [1.165, 1.54) is 37.8 Å². The Labute approximate surface area is 124 Å². The maximum atomic E-state index is 3.74. The van der Waals surface area contributed by atoms with Crippen molar-refractivity contribution in [2.75, 3.05) is 6.54 Å². The normalized spacial score (nSPS) is 24.2. The minimum Gasteiger partial charge on any atom is -0.314 e. The summed E-state index contributed by atoms with van der Waals surface area (Å²) < 4.78 is 0. The van der Waals surface area contributed by atoms with Gasteiger partial charge >= 0.3 is 0 Å². The van der Waals surface area contributed by atoms with Crippen molar-refractivity contribution in [2.24, 2.45) is 11.8 Å². The summed E-state index contributed by atoms with van der Waals surface area (Å²) in [6.45, 7) is 8.11. The highest BCUT2D eigenvalue weighted by atomic mass is 14.9. The SMILES string of the molecule is CC1=CC(C)CC(CNC(C)CCc2ccccc2)C1. The number of allylic oxidation sites excluding steroid dienone is 2. The molecule has 0 saturated heterocycles. The second kappa shape index (κ2) is 7.64. The van der Waals surface area contributed by atoms with Crippen LogP contribution in [0.15, 0.2) is 42.0 Å². The molecular formula is C19H29N. The largest absolute Gasteiger partial charge is 0.314 e. The van der Waals surface area contributed by atoms with Gasteiger partial charge in [0.2, 0.25) is 0 Å². The molecule has 0 fully saturated rings. The Bertz CT molecular complexity index is 421. The molecule has 1 nitrogen and oxygen atoms in total. The Morgan fingerprint density at radius 1 is 1.25 bits per heavy atom. The number of hydrogen-bond donors (Lipinski definition) is 1. The summed E-state index contributed by atoms with van der Waals surface area (Å²) in [5.41, 5.74) is 3.03. The molecule has 0 spiro atoms. The van der Waals surface area contributed by atoms with Crippen molar-refractivity contribution >= 4 is 0 Å². The standard InChI is InChI=1S/C19H29N/c1-15-11-16(2)13-19(12-15)14-20-17(3)9-10-18-7-5-4-6-8-18/h4-8,11,15,17,19-20H,9-10,12-14H2,1-3H3. The minimum absolute atomic E-state index is 0.608. The van der Waals surface area contributed by atoms with Gasteiger partial charge in [-0.25, -0.2) is 0 Å². The molecule has 2 rings (SSSR count). The number of benzene rings is 1. The number of rotatable bonds is 6. The van der Waals surface area contributed by atoms with Gasteiger partial charge in [0, 0.05) is 6.04 Å². The lowest BCUT2D eigenvalue weighted by molar-refractivity contribution is 0.359. The van der Waals surface area contributed by atoms with Crippen molar-refractivity contribution in [3.63, 3.8) is 0 Å². The molecular weight excluding hydrogens is 242 g/mol. The molecule has 3 unspecified atom stereocenters. The molecule has 0 aromatic heterocycles. The first-order valence-electron chi connectivity index (χ1n) is 8.08. The van der Waals surface area contributed by atoms with Crippen LogP contribution in [0.1, 0.15) is 45.6 Å². The van der Waals surface area contributed by atoms with Gasteiger partial charge in [0.1, 0.15) is 0 Å². The van der Waals surface area contributed by atoms with Crippen LogP contribution in [0, 0.1) is 11.8 Å². The molecule has 0 bridgehead atoms. The Morgan fingerprint density at radius 3 is 2.70 bits per heavy atom. The third-order valence-electron chi connectivity index (χ3n) is 4.35. The highest BCUT2D eigenvalue weighted by Crippen LogP contribution is 2.27. The van der Waals surface area contributed by atoms with E-state index < -0.39 is 0 Å². The van der Waals surface area contributed by atoms with Gasteiger partial charge in [0.05, 0.1) is 0 Å². The van der Waals surface area contributed by atoms with Crippen LogP contribution in [0.3, 0.4) is 0 Å². The molecule has 1 heteroatoms. The van der Waals surface area contributed by atoms with Gasteiger partial charge in [-0.3, -0.25) is 0 Å². The molecule has 1 aromatic rings. The van der Waals surface area contributed by atoms with Crippen LogP contribution in [0.25, 0.3) is 0 Å². The summed E-state index contributed by atoms with van der Waals surface area (Å²) in [4.78, 5) is 0. The molecule has 1 aliphatic carbocycles. The van der Waals surface area contributed by atoms with E-state index in [4.69, 9.17) is 0 Å². The zero-order valence-electron chi connectivity index (χ0n) is 13.2. The average molecular weight is 271 g/mol. The number of hydrogen-bond acceptors (Lipinski definition) is 1. The fraction of sp³-hybridized carbons (Fsp3) is 0.579. The molecule has 1 aromatic carbocycles. The fourth-order valence-corrected chi connectivity index (χ4v) is 3.34. The lowest BCUT2D eigenvalue weighted by Gasteiger charge is -2.27. The quantitative estimate of drug-likeness (QED) is 0.746. The van der Waals surface area contributed by atoms with E-state index in [0.717, 1.165) is 11.8 Å². The van der Waals surface area contributed by atoms with E-state index in [1.807, 2.05) is 0 Å². The molecule has 0 heterocycles. The van der Waals surface area contributed by atoms with Crippen LogP contribution in [0.5, 0.6) is 0 Å². The molecule has 1 aliphatic rings. The molecule has 0 aliphatic heterocycles. The third kappa shape index (κ3) is 5.13. The molecule has 3 atom stereocenters. The minimum atomic E-state index is 0.608. The Balaban J connectivity index is 1.68. The van der Waals surface area contributed by atoms with E-state index >= 15 is 0 Å². The zero-order valence-corrected chi connectivity index (χ0v) is 13.2. The first kappa shape index (κ1) is 15.3. The molecule has 0 radical (unpaired) electrons. The number of nitrogens with one attached hydrogen (secondary N) is 1. The van der Waals surface area contributed by atoms with Gasteiger partial charge in [-0.05, 0) is 63.5 Å². The Morgan fingerprint density at radius 2 is 2.00 bits per heavy atom. The van der Waals surface area contributed by atoms with Crippen molar-refractivity contribution < 1.29 is 0 Å². The zero-order chi connectivity index (χ0) is 14.4. The average Bonchev–Trinajstić information content (AvgIpc) is 2.43. The third-order valence-corrected chi connectivity index (χ3v) is 4.35. The van der Waals surface area contributed by atoms with Gasteiger partial charge in [-0.1, -0.05) is 48.9 Å². The van der Waals surface area contributed by atoms with Gasteiger partial charge in [-0.2, -0.15) is 0 Å². The smallest absolute Gasteiger partial charge is 0.00420 e. The predicted molar refractivity (Wildman–Crippen MR) is 87.9 cm³/mol. The molecule has 1 N–H and O–H groups in total. The van der Waals surface area contributed by atoms with E-state index in [9.17, 15) is 0 Å². The van der Waals surface area contributed by atoms with Crippen molar-refractivity contribution in [1.82, 2.24) is 5.32 Å². The topological polar surface area (TPSA) is 12.0 Å². The van der Waals surface area contributed by atoms with Crippen molar-refractivity contribution in [3.05, 3.63) is 47.5 Å². The summed E-state index contributed by atoms with van der Waals surface area (Å²) in [6.07, 6.45) is 7.46. The molecule has 20 heavy (non-hydrogen) atoms. The lowest BCUT2D eigenvalue weighted by atomic mass is 9.83. The monoisotopic (exact) mass is 271 g/mol. The highest BCUT2D eigenvalue weighted by Gasteiger charge is 2.18. The summed E-state index contributed by atoms with van der Waals surface area (Å²) in [5.74, 6) is 1.59. The van der Waals surface area contributed by atoms with Crippen molar-refractivity contribution in [2.45, 2.75) is 52.5 Å². The van der Waals surface area contributed by atoms with Crippen LogP contribution in [-0.4, -0.2) is 12.6 Å². The first-order chi connectivity index (χ1) is 9.63. The fourth-order valence-electron chi connectivity index (χ4n) is 3.34.